The zero-order valence-electron chi connectivity index (χ0n) is 13.6. The third kappa shape index (κ3) is 4.38. The van der Waals surface area contributed by atoms with E-state index in [2.05, 4.69) is 9.97 Å². The molecule has 1 atom stereocenters. The second kappa shape index (κ2) is 6.91. The molecular weight excluding hydrogens is 300 g/mol. The third-order valence-electron chi connectivity index (χ3n) is 3.40. The van der Waals surface area contributed by atoms with Crippen molar-refractivity contribution in [1.29, 1.82) is 0 Å². The number of aldehydes is 1. The van der Waals surface area contributed by atoms with Gasteiger partial charge in [0.25, 0.3) is 0 Å². The molecule has 1 aromatic heterocycles. The van der Waals surface area contributed by atoms with E-state index < -0.39 is 17.7 Å². The Balaban J connectivity index is 2.05. The largest absolute Gasteiger partial charge is 0.444 e. The SMILES string of the molecule is CC(C)(C)OC(=O)N1CCN(c2ncc(C=O)cn2)C[C@@H]1CO. The average molecular weight is 322 g/mol. The predicted molar refractivity (Wildman–Crippen MR) is 83.4 cm³/mol. The molecule has 0 spiro atoms. The van der Waals surface area contributed by atoms with E-state index >= 15 is 0 Å². The molecule has 0 unspecified atom stereocenters. The molecule has 23 heavy (non-hydrogen) atoms. The number of hydrogen-bond acceptors (Lipinski definition) is 7. The van der Waals surface area contributed by atoms with E-state index in [0.717, 1.165) is 0 Å². The second-order valence-corrected chi connectivity index (χ2v) is 6.39. The minimum Gasteiger partial charge on any atom is -0.444 e. The first-order valence-corrected chi connectivity index (χ1v) is 7.46. The van der Waals surface area contributed by atoms with E-state index in [4.69, 9.17) is 4.74 Å². The van der Waals surface area contributed by atoms with Crippen LogP contribution in [0.4, 0.5) is 10.7 Å². The number of aliphatic hydroxyl groups is 1. The first-order chi connectivity index (χ1) is 10.8. The molecule has 126 valence electrons. The van der Waals surface area contributed by atoms with Crippen molar-refractivity contribution in [2.24, 2.45) is 0 Å². The normalized spacial score (nSPS) is 18.7. The summed E-state index contributed by atoms with van der Waals surface area (Å²) in [7, 11) is 0. The molecular formula is C15H22N4O4. The van der Waals surface area contributed by atoms with Gasteiger partial charge in [0.15, 0.2) is 6.29 Å². The zero-order valence-corrected chi connectivity index (χ0v) is 13.6. The molecule has 2 rings (SSSR count). The van der Waals surface area contributed by atoms with Crippen LogP contribution < -0.4 is 4.90 Å². The Hall–Kier alpha value is -2.22. The van der Waals surface area contributed by atoms with Gasteiger partial charge in [0.05, 0.1) is 18.2 Å². The highest BCUT2D eigenvalue weighted by atomic mass is 16.6. The van der Waals surface area contributed by atoms with Crippen molar-refractivity contribution in [3.05, 3.63) is 18.0 Å². The van der Waals surface area contributed by atoms with Gasteiger partial charge in [-0.1, -0.05) is 0 Å². The lowest BCUT2D eigenvalue weighted by atomic mass is 10.2. The van der Waals surface area contributed by atoms with Crippen LogP contribution in [0.15, 0.2) is 12.4 Å². The molecule has 0 saturated carbocycles. The molecule has 1 saturated heterocycles. The fourth-order valence-electron chi connectivity index (χ4n) is 2.31. The summed E-state index contributed by atoms with van der Waals surface area (Å²) >= 11 is 0. The maximum atomic E-state index is 12.2. The van der Waals surface area contributed by atoms with Crippen LogP contribution in [0.5, 0.6) is 0 Å². The third-order valence-corrected chi connectivity index (χ3v) is 3.40. The minimum absolute atomic E-state index is 0.178. The van der Waals surface area contributed by atoms with Gasteiger partial charge in [-0.3, -0.25) is 9.69 Å². The fraction of sp³-hybridized carbons (Fsp3) is 0.600. The number of nitrogens with zero attached hydrogens (tertiary/aromatic N) is 4. The summed E-state index contributed by atoms with van der Waals surface area (Å²) in [6, 6.07) is -0.395. The van der Waals surface area contributed by atoms with E-state index in [9.17, 15) is 14.7 Å². The molecule has 0 aliphatic carbocycles. The predicted octanol–water partition coefficient (Wildman–Crippen LogP) is 0.707. The van der Waals surface area contributed by atoms with Crippen LogP contribution in [-0.2, 0) is 4.74 Å². The first-order valence-electron chi connectivity index (χ1n) is 7.46. The van der Waals surface area contributed by atoms with Crippen molar-refractivity contribution in [3.63, 3.8) is 0 Å². The summed E-state index contributed by atoms with van der Waals surface area (Å²) in [6.07, 6.45) is 3.14. The smallest absolute Gasteiger partial charge is 0.410 e. The van der Waals surface area contributed by atoms with Crippen molar-refractivity contribution in [2.45, 2.75) is 32.4 Å². The number of amides is 1. The summed E-state index contributed by atoms with van der Waals surface area (Å²) < 4.78 is 5.37. The molecule has 1 amide bonds. The molecule has 1 aromatic rings. The minimum atomic E-state index is -0.581. The van der Waals surface area contributed by atoms with Gasteiger partial charge in [0.1, 0.15) is 5.60 Å². The van der Waals surface area contributed by atoms with Gasteiger partial charge < -0.3 is 14.7 Å². The van der Waals surface area contributed by atoms with Crippen molar-refractivity contribution < 1.29 is 19.4 Å². The van der Waals surface area contributed by atoms with Crippen LogP contribution in [0.25, 0.3) is 0 Å². The highest BCUT2D eigenvalue weighted by molar-refractivity contribution is 5.73. The number of aromatic nitrogens is 2. The van der Waals surface area contributed by atoms with Gasteiger partial charge >= 0.3 is 6.09 Å². The van der Waals surface area contributed by atoms with Gasteiger partial charge in [0, 0.05) is 32.0 Å². The fourth-order valence-corrected chi connectivity index (χ4v) is 2.31. The monoisotopic (exact) mass is 322 g/mol. The van der Waals surface area contributed by atoms with E-state index in [1.807, 2.05) is 4.90 Å². The number of ether oxygens (including phenoxy) is 1. The number of hydrogen-bond donors (Lipinski definition) is 1. The Morgan fingerprint density at radius 1 is 1.39 bits per heavy atom. The van der Waals surface area contributed by atoms with Crippen molar-refractivity contribution >= 4 is 18.3 Å². The topological polar surface area (TPSA) is 95.9 Å². The highest BCUT2D eigenvalue weighted by Crippen LogP contribution is 2.18. The summed E-state index contributed by atoms with van der Waals surface area (Å²) in [5.41, 5.74) is -0.179. The second-order valence-electron chi connectivity index (χ2n) is 6.39. The maximum absolute atomic E-state index is 12.2. The van der Waals surface area contributed by atoms with E-state index in [0.29, 0.717) is 37.4 Å². The van der Waals surface area contributed by atoms with Gasteiger partial charge in [-0.05, 0) is 20.8 Å². The van der Waals surface area contributed by atoms with Crippen molar-refractivity contribution in [1.82, 2.24) is 14.9 Å². The molecule has 2 heterocycles. The zero-order chi connectivity index (χ0) is 17.0. The Kier molecular flexibility index (Phi) is 5.15. The Morgan fingerprint density at radius 3 is 2.57 bits per heavy atom. The quantitative estimate of drug-likeness (QED) is 0.819. The summed E-state index contributed by atoms with van der Waals surface area (Å²) in [5.74, 6) is 0.470. The van der Waals surface area contributed by atoms with Crippen molar-refractivity contribution in [2.75, 3.05) is 31.1 Å². The first kappa shape index (κ1) is 17.1. The molecule has 1 aliphatic rings. The lowest BCUT2D eigenvalue weighted by Gasteiger charge is -2.40. The van der Waals surface area contributed by atoms with Crippen molar-refractivity contribution in [3.8, 4) is 0 Å². The average Bonchev–Trinajstić information content (AvgIpc) is 2.52. The maximum Gasteiger partial charge on any atom is 0.410 e. The molecule has 0 radical (unpaired) electrons. The Morgan fingerprint density at radius 2 is 2.04 bits per heavy atom. The number of aliphatic hydroxyl groups excluding tert-OH is 1. The molecule has 8 nitrogen and oxygen atoms in total. The highest BCUT2D eigenvalue weighted by Gasteiger charge is 2.33. The molecule has 0 aromatic carbocycles. The number of rotatable bonds is 3. The van der Waals surface area contributed by atoms with Gasteiger partial charge in [0.2, 0.25) is 5.95 Å². The number of piperazine rings is 1. The van der Waals surface area contributed by atoms with Crippen LogP contribution in [0.1, 0.15) is 31.1 Å². The van der Waals surface area contributed by atoms with E-state index in [-0.39, 0.29) is 6.61 Å². The number of carbonyl (C=O) groups excluding carboxylic acids is 2. The number of carbonyl (C=O) groups is 2. The van der Waals surface area contributed by atoms with Gasteiger partial charge in [-0.25, -0.2) is 14.8 Å². The summed E-state index contributed by atoms with van der Waals surface area (Å²) in [6.45, 7) is 6.56. The standard InChI is InChI=1S/C15H22N4O4/c1-15(2,3)23-14(22)19-5-4-18(8-12(19)10-21)13-16-6-11(9-20)7-17-13/h6-7,9,12,21H,4-5,8,10H2,1-3H3/t12-/m1/s1. The molecule has 1 N–H and O–H groups in total. The van der Waals surface area contributed by atoms with E-state index in [1.165, 1.54) is 17.3 Å². The lowest BCUT2D eigenvalue weighted by Crippen LogP contribution is -2.57. The lowest BCUT2D eigenvalue weighted by molar-refractivity contribution is 0.00693. The van der Waals surface area contributed by atoms with Crippen LogP contribution in [0, 0.1) is 0 Å². The van der Waals surface area contributed by atoms with Gasteiger partial charge in [-0.15, -0.1) is 0 Å². The summed E-state index contributed by atoms with van der Waals surface area (Å²) in [5, 5.41) is 9.59. The number of anilines is 1. The van der Waals surface area contributed by atoms with Crippen LogP contribution in [0.2, 0.25) is 0 Å². The molecule has 1 aliphatic heterocycles. The molecule has 8 heteroatoms. The summed E-state index contributed by atoms with van der Waals surface area (Å²) in [4.78, 5) is 34.5. The van der Waals surface area contributed by atoms with Crippen LogP contribution in [0.3, 0.4) is 0 Å². The van der Waals surface area contributed by atoms with E-state index in [1.54, 1.807) is 20.8 Å². The Labute approximate surface area is 135 Å². The molecule has 0 bridgehead atoms. The van der Waals surface area contributed by atoms with Crippen LogP contribution >= 0.6 is 0 Å². The van der Waals surface area contributed by atoms with Crippen LogP contribution in [-0.4, -0.2) is 70.2 Å². The Bertz CT molecular complexity index is 556. The van der Waals surface area contributed by atoms with Gasteiger partial charge in [-0.2, -0.15) is 0 Å². The molecule has 1 fully saturated rings.